The van der Waals surface area contributed by atoms with Gasteiger partial charge in [0, 0.05) is 0 Å². The summed E-state index contributed by atoms with van der Waals surface area (Å²) in [7, 11) is 10.5. The third-order valence-electron chi connectivity index (χ3n) is 1.11. The molecule has 0 saturated heterocycles. The van der Waals surface area contributed by atoms with Crippen LogP contribution in [0.4, 0.5) is 0 Å². The Morgan fingerprint density at radius 3 is 1.07 bits per heavy atom. The van der Waals surface area contributed by atoms with Gasteiger partial charge in [-0.15, -0.1) is 0 Å². The first-order chi connectivity index (χ1) is 6.73. The fourth-order valence-corrected chi connectivity index (χ4v) is 0.642. The molecule has 76 valence electrons. The minimum absolute atomic E-state index is 1.57. The van der Waals surface area contributed by atoms with Gasteiger partial charge in [0.15, 0.2) is 0 Å². The van der Waals surface area contributed by atoms with Gasteiger partial charge in [-0.2, -0.15) is 36.4 Å². The second-order valence-corrected chi connectivity index (χ2v) is 20.0. The first-order valence-electron chi connectivity index (χ1n) is 4.06. The molecule has 0 N–H and O–H groups in total. The van der Waals surface area contributed by atoms with E-state index in [1.807, 2.05) is 60.7 Å². The molecule has 0 bridgehead atoms. The summed E-state index contributed by atoms with van der Waals surface area (Å²) >= 11 is -1.57. The fourth-order valence-electron chi connectivity index (χ4n) is 0.642. The molecule has 14 heavy (non-hydrogen) atoms. The Kier molecular flexibility index (Phi) is 11.8. The summed E-state index contributed by atoms with van der Waals surface area (Å²) in [5, 5.41) is 0. The fraction of sp³-hybridized carbons (Fsp3) is 0. The molecule has 0 aromatic heterocycles. The first-order valence-corrected chi connectivity index (χ1v) is 16.3. The molecule has 2 rings (SSSR count). The van der Waals surface area contributed by atoms with Gasteiger partial charge in [-0.05, 0) is 0 Å². The molecule has 0 heterocycles. The van der Waals surface area contributed by atoms with E-state index in [-0.39, 0.29) is 0 Å². The van der Waals surface area contributed by atoms with Gasteiger partial charge < -0.3 is 0 Å². The second-order valence-electron chi connectivity index (χ2n) is 2.26. The largest absolute Gasteiger partial charge is 0.214 e. The Balaban J connectivity index is 0.000000183. The molecule has 0 aliphatic carbocycles. The van der Waals surface area contributed by atoms with Crippen LogP contribution < -0.4 is 0 Å². The van der Waals surface area contributed by atoms with Crippen molar-refractivity contribution in [3.05, 3.63) is 60.7 Å². The molecule has 0 saturated carbocycles. The van der Waals surface area contributed by atoms with Crippen molar-refractivity contribution in [1.29, 1.82) is 0 Å². The van der Waals surface area contributed by atoms with Gasteiger partial charge in [0.2, 0.25) is 0 Å². The van der Waals surface area contributed by atoms with E-state index in [1.165, 1.54) is 0 Å². The van der Waals surface area contributed by atoms with Crippen LogP contribution in [0.3, 0.4) is 0 Å². The van der Waals surface area contributed by atoms with Crippen LogP contribution in [0.15, 0.2) is 60.7 Å². The number of hydrogen-bond acceptors (Lipinski definition) is 0. The summed E-state index contributed by atoms with van der Waals surface area (Å²) in [6.07, 6.45) is 0. The molecule has 0 nitrogen and oxygen atoms in total. The zero-order chi connectivity index (χ0) is 10.6. The number of halogens is 2. The van der Waals surface area contributed by atoms with E-state index in [0.29, 0.717) is 0 Å². The predicted octanol–water partition coefficient (Wildman–Crippen LogP) is 3.27. The van der Waals surface area contributed by atoms with Gasteiger partial charge in [-0.25, -0.2) is 24.3 Å². The summed E-state index contributed by atoms with van der Waals surface area (Å²) in [4.78, 5) is 0. The van der Waals surface area contributed by atoms with Crippen LogP contribution in [-0.2, 0) is 18.0 Å². The SMILES string of the molecule is [SiH2]=[Zr]([Cl])[Cl].c1cc[cH-]c1.c1cc[cH-]c1. The normalized spacial score (nSPS) is 7.57. The molecule has 2 aromatic rings. The standard InChI is InChI=1S/2C5H5.2ClH.H2Si.Zr/c2*1-2-4-5-3-1;;;;/h2*1-5H;2*1H;1H2;/q2*-1;;;;+2/p-2. The first kappa shape index (κ1) is 14.4. The van der Waals surface area contributed by atoms with Crippen molar-refractivity contribution in [2.75, 3.05) is 0 Å². The molecule has 0 radical (unpaired) electrons. The predicted molar refractivity (Wildman–Crippen MR) is 64.3 cm³/mol. The van der Waals surface area contributed by atoms with Gasteiger partial charge in [0.05, 0.1) is 0 Å². The van der Waals surface area contributed by atoms with Crippen molar-refractivity contribution >= 4 is 23.9 Å². The molecular formula is C10H12Cl2SiZr-2. The van der Waals surface area contributed by atoms with Crippen LogP contribution in [0.1, 0.15) is 0 Å². The summed E-state index contributed by atoms with van der Waals surface area (Å²) in [6.45, 7) is 1.73. The number of hydrogen-bond donors (Lipinski definition) is 0. The molecule has 0 aliphatic rings. The molecule has 0 amide bonds. The van der Waals surface area contributed by atoms with Crippen LogP contribution in [0.5, 0.6) is 0 Å². The van der Waals surface area contributed by atoms with Crippen LogP contribution in [0, 0.1) is 0 Å². The van der Waals surface area contributed by atoms with Crippen molar-refractivity contribution in [1.82, 2.24) is 0 Å². The van der Waals surface area contributed by atoms with Crippen molar-refractivity contribution in [2.24, 2.45) is 0 Å². The molecule has 0 spiro atoms. The van der Waals surface area contributed by atoms with Gasteiger partial charge in [-0.1, -0.05) is 0 Å². The Morgan fingerprint density at radius 2 is 1.00 bits per heavy atom. The molecular weight excluding hydrogens is 310 g/mol. The van der Waals surface area contributed by atoms with E-state index >= 15 is 0 Å². The van der Waals surface area contributed by atoms with Gasteiger partial charge in [-0.3, -0.25) is 0 Å². The van der Waals surface area contributed by atoms with Crippen molar-refractivity contribution < 1.29 is 18.0 Å². The van der Waals surface area contributed by atoms with Crippen LogP contribution in [0.25, 0.3) is 0 Å². The maximum absolute atomic E-state index is 5.25. The van der Waals surface area contributed by atoms with E-state index in [1.54, 1.807) is 6.88 Å². The minimum Gasteiger partial charge on any atom is -0.214 e. The Bertz CT molecular complexity index is 225. The zero-order valence-electron chi connectivity index (χ0n) is 7.74. The molecule has 0 atom stereocenters. The Morgan fingerprint density at radius 1 is 0.786 bits per heavy atom. The monoisotopic (exact) mass is 320 g/mol. The van der Waals surface area contributed by atoms with Crippen molar-refractivity contribution in [3.63, 3.8) is 0 Å². The van der Waals surface area contributed by atoms with E-state index in [4.69, 9.17) is 17.0 Å². The smallest absolute Gasteiger partial charge is 0.172 e. The van der Waals surface area contributed by atoms with Crippen molar-refractivity contribution in [2.45, 2.75) is 0 Å². The topological polar surface area (TPSA) is 0 Å². The van der Waals surface area contributed by atoms with Gasteiger partial charge in [0.25, 0.3) is 0 Å². The van der Waals surface area contributed by atoms with Crippen LogP contribution in [0.2, 0.25) is 0 Å². The van der Waals surface area contributed by atoms with Crippen LogP contribution >= 0.6 is 17.0 Å². The molecule has 4 heteroatoms. The van der Waals surface area contributed by atoms with E-state index in [0.717, 1.165) is 0 Å². The third kappa shape index (κ3) is 14.9. The second kappa shape index (κ2) is 11.5. The van der Waals surface area contributed by atoms with Gasteiger partial charge in [0.1, 0.15) is 0 Å². The summed E-state index contributed by atoms with van der Waals surface area (Å²) in [5.74, 6) is 0. The summed E-state index contributed by atoms with van der Waals surface area (Å²) in [6, 6.07) is 20.0. The summed E-state index contributed by atoms with van der Waals surface area (Å²) < 4.78 is 0. The Labute approximate surface area is 102 Å². The summed E-state index contributed by atoms with van der Waals surface area (Å²) in [5.41, 5.74) is 0. The average Bonchev–Trinajstić information content (AvgIpc) is 2.83. The third-order valence-corrected chi connectivity index (χ3v) is 1.11. The molecule has 0 fully saturated rings. The maximum Gasteiger partial charge on any atom is -0.172 e. The molecule has 0 unspecified atom stereocenters. The van der Waals surface area contributed by atoms with Crippen LogP contribution in [-0.4, -0.2) is 6.88 Å². The zero-order valence-corrected chi connectivity index (χ0v) is 13.1. The van der Waals surface area contributed by atoms with Crippen molar-refractivity contribution in [3.8, 4) is 0 Å². The average molecular weight is 322 g/mol. The molecule has 2 aromatic carbocycles. The van der Waals surface area contributed by atoms with E-state index < -0.39 is 18.0 Å². The minimum atomic E-state index is -1.57. The van der Waals surface area contributed by atoms with E-state index in [9.17, 15) is 0 Å². The van der Waals surface area contributed by atoms with E-state index in [2.05, 4.69) is 0 Å². The maximum atomic E-state index is 5.25. The Hall–Kier alpha value is 0.380. The molecule has 0 aliphatic heterocycles. The number of rotatable bonds is 0. The quantitative estimate of drug-likeness (QED) is 0.516. The van der Waals surface area contributed by atoms with Gasteiger partial charge >= 0.3 is 41.9 Å².